The maximum absolute atomic E-state index is 13.0. The van der Waals surface area contributed by atoms with E-state index < -0.39 is 11.7 Å². The Bertz CT molecular complexity index is 1560. The number of aromatic nitrogens is 4. The molecular formula is C27H21ClF3N5O2. The van der Waals surface area contributed by atoms with E-state index in [0.717, 1.165) is 29.0 Å². The van der Waals surface area contributed by atoms with Crippen molar-refractivity contribution in [1.29, 1.82) is 0 Å². The summed E-state index contributed by atoms with van der Waals surface area (Å²) in [7, 11) is 1.61. The molecule has 0 fully saturated rings. The first kappa shape index (κ1) is 25.3. The summed E-state index contributed by atoms with van der Waals surface area (Å²) in [5.41, 5.74) is 2.22. The molecule has 0 radical (unpaired) electrons. The SMILES string of the molecule is COc1ccc(Cn2cc3nc(Nc4ccc(C(F)(F)F)cc4Cl)nc(OCc4ccccc4)c3n2)cc1. The van der Waals surface area contributed by atoms with E-state index in [1.54, 1.807) is 18.0 Å². The third-order valence-corrected chi connectivity index (χ3v) is 5.96. The molecule has 0 atom stereocenters. The van der Waals surface area contributed by atoms with Gasteiger partial charge in [-0.1, -0.05) is 54.1 Å². The summed E-state index contributed by atoms with van der Waals surface area (Å²) >= 11 is 6.13. The van der Waals surface area contributed by atoms with Gasteiger partial charge in [-0.2, -0.15) is 23.3 Å². The number of alkyl halides is 3. The van der Waals surface area contributed by atoms with Crippen molar-refractivity contribution < 1.29 is 22.6 Å². The molecular weight excluding hydrogens is 519 g/mol. The molecule has 0 saturated heterocycles. The molecule has 2 heterocycles. The van der Waals surface area contributed by atoms with Crippen LogP contribution in [0.15, 0.2) is 79.0 Å². The van der Waals surface area contributed by atoms with Crippen LogP contribution < -0.4 is 14.8 Å². The smallest absolute Gasteiger partial charge is 0.416 e. The topological polar surface area (TPSA) is 74.1 Å². The van der Waals surface area contributed by atoms with Crippen LogP contribution in [-0.2, 0) is 19.3 Å². The van der Waals surface area contributed by atoms with Crippen LogP contribution in [0.3, 0.4) is 0 Å². The Morgan fingerprint density at radius 1 is 0.947 bits per heavy atom. The summed E-state index contributed by atoms with van der Waals surface area (Å²) in [6.45, 7) is 0.699. The van der Waals surface area contributed by atoms with Crippen LogP contribution in [0.25, 0.3) is 11.0 Å². The van der Waals surface area contributed by atoms with Crippen molar-refractivity contribution in [2.45, 2.75) is 19.3 Å². The van der Waals surface area contributed by atoms with E-state index in [4.69, 9.17) is 21.1 Å². The number of ether oxygens (including phenoxy) is 2. The van der Waals surface area contributed by atoms with Crippen LogP contribution >= 0.6 is 11.6 Å². The fourth-order valence-electron chi connectivity index (χ4n) is 3.73. The number of fused-ring (bicyclic) bond motifs is 1. The standard InChI is InChI=1S/C27H21ClF3N5O2/c1-37-20-10-7-17(8-11-20)14-36-15-23-24(35-36)25(38-16-18-5-3-2-4-6-18)34-26(33-23)32-22-12-9-19(13-21(22)28)27(29,30)31/h2-13,15H,14,16H2,1H3,(H,32,33). The molecule has 0 bridgehead atoms. The van der Waals surface area contributed by atoms with Crippen LogP contribution in [0.5, 0.6) is 11.6 Å². The third kappa shape index (κ3) is 5.81. The molecule has 38 heavy (non-hydrogen) atoms. The van der Waals surface area contributed by atoms with Gasteiger partial charge in [0, 0.05) is 0 Å². The lowest BCUT2D eigenvalue weighted by Gasteiger charge is -2.12. The van der Waals surface area contributed by atoms with Crippen molar-refractivity contribution in [3.8, 4) is 11.6 Å². The molecule has 0 amide bonds. The first-order chi connectivity index (χ1) is 18.3. The molecule has 0 aliphatic carbocycles. The van der Waals surface area contributed by atoms with Crippen molar-refractivity contribution in [2.24, 2.45) is 0 Å². The van der Waals surface area contributed by atoms with Crippen LogP contribution in [0, 0.1) is 0 Å². The van der Waals surface area contributed by atoms with E-state index in [-0.39, 0.29) is 29.1 Å². The minimum atomic E-state index is -4.51. The maximum atomic E-state index is 13.0. The molecule has 3 aromatic carbocycles. The zero-order chi connectivity index (χ0) is 26.7. The molecule has 0 unspecified atom stereocenters. The van der Waals surface area contributed by atoms with Gasteiger partial charge in [0.15, 0.2) is 5.52 Å². The highest BCUT2D eigenvalue weighted by Crippen LogP contribution is 2.35. The number of rotatable bonds is 8. The number of nitrogens with zero attached hydrogens (tertiary/aromatic N) is 4. The normalized spacial score (nSPS) is 11.5. The molecule has 11 heteroatoms. The van der Waals surface area contributed by atoms with Crippen LogP contribution in [0.2, 0.25) is 5.02 Å². The van der Waals surface area contributed by atoms with Crippen LogP contribution in [0.4, 0.5) is 24.8 Å². The highest BCUT2D eigenvalue weighted by Gasteiger charge is 2.31. The summed E-state index contributed by atoms with van der Waals surface area (Å²) in [5, 5.41) is 7.40. The Hall–Kier alpha value is -4.31. The highest BCUT2D eigenvalue weighted by atomic mass is 35.5. The summed E-state index contributed by atoms with van der Waals surface area (Å²) in [5.74, 6) is 1.07. The summed E-state index contributed by atoms with van der Waals surface area (Å²) in [6, 6.07) is 20.2. The monoisotopic (exact) mass is 539 g/mol. The van der Waals surface area contributed by atoms with Gasteiger partial charge < -0.3 is 14.8 Å². The van der Waals surface area contributed by atoms with Gasteiger partial charge in [0.1, 0.15) is 17.9 Å². The van der Waals surface area contributed by atoms with Crippen molar-refractivity contribution >= 4 is 34.3 Å². The van der Waals surface area contributed by atoms with Crippen molar-refractivity contribution in [3.63, 3.8) is 0 Å². The predicted molar refractivity (Wildman–Crippen MR) is 138 cm³/mol. The van der Waals surface area contributed by atoms with Gasteiger partial charge >= 0.3 is 6.18 Å². The second kappa shape index (κ2) is 10.6. The number of benzene rings is 3. The van der Waals surface area contributed by atoms with Gasteiger partial charge in [0.05, 0.1) is 36.1 Å². The number of methoxy groups -OCH3 is 1. The van der Waals surface area contributed by atoms with Crippen molar-refractivity contribution in [1.82, 2.24) is 19.7 Å². The highest BCUT2D eigenvalue weighted by molar-refractivity contribution is 6.33. The zero-order valence-electron chi connectivity index (χ0n) is 20.0. The van der Waals surface area contributed by atoms with Crippen LogP contribution in [0.1, 0.15) is 16.7 Å². The Morgan fingerprint density at radius 3 is 2.39 bits per heavy atom. The van der Waals surface area contributed by atoms with Gasteiger partial charge in [-0.05, 0) is 41.5 Å². The van der Waals surface area contributed by atoms with Gasteiger partial charge in [0.2, 0.25) is 11.8 Å². The number of anilines is 2. The fourth-order valence-corrected chi connectivity index (χ4v) is 3.96. The molecule has 7 nitrogen and oxygen atoms in total. The number of hydrogen-bond donors (Lipinski definition) is 1. The molecule has 1 N–H and O–H groups in total. The first-order valence-corrected chi connectivity index (χ1v) is 11.8. The molecule has 2 aromatic heterocycles. The average Bonchev–Trinajstić information content (AvgIpc) is 3.31. The summed E-state index contributed by atoms with van der Waals surface area (Å²) < 4.78 is 52.0. The lowest BCUT2D eigenvalue weighted by molar-refractivity contribution is -0.137. The Kier molecular flexibility index (Phi) is 7.06. The predicted octanol–water partition coefficient (Wildman–Crippen LogP) is 6.88. The Balaban J connectivity index is 1.47. The molecule has 5 aromatic rings. The number of halogens is 4. The lowest BCUT2D eigenvalue weighted by Crippen LogP contribution is -2.06. The summed E-state index contributed by atoms with van der Waals surface area (Å²) in [4.78, 5) is 8.95. The molecule has 0 aliphatic heterocycles. The molecule has 0 aliphatic rings. The number of hydrogen-bond acceptors (Lipinski definition) is 6. The molecule has 0 saturated carbocycles. The van der Waals surface area contributed by atoms with E-state index in [2.05, 4.69) is 20.4 Å². The largest absolute Gasteiger partial charge is 0.497 e. The minimum Gasteiger partial charge on any atom is -0.497 e. The molecule has 194 valence electrons. The fraction of sp³-hybridized carbons (Fsp3) is 0.148. The Morgan fingerprint density at radius 2 is 1.71 bits per heavy atom. The second-order valence-electron chi connectivity index (χ2n) is 8.35. The third-order valence-electron chi connectivity index (χ3n) is 5.64. The zero-order valence-corrected chi connectivity index (χ0v) is 20.8. The average molecular weight is 540 g/mol. The molecule has 0 spiro atoms. The maximum Gasteiger partial charge on any atom is 0.416 e. The quantitative estimate of drug-likeness (QED) is 0.232. The van der Waals surface area contributed by atoms with E-state index >= 15 is 0 Å². The van der Waals surface area contributed by atoms with Gasteiger partial charge in [-0.25, -0.2) is 4.98 Å². The summed E-state index contributed by atoms with van der Waals surface area (Å²) in [6.07, 6.45) is -2.76. The van der Waals surface area contributed by atoms with Gasteiger partial charge in [-0.15, -0.1) is 0 Å². The van der Waals surface area contributed by atoms with E-state index in [9.17, 15) is 13.2 Å². The first-order valence-electron chi connectivity index (χ1n) is 11.5. The number of nitrogens with one attached hydrogen (secondary N) is 1. The van der Waals surface area contributed by atoms with Crippen molar-refractivity contribution in [3.05, 3.63) is 101 Å². The van der Waals surface area contributed by atoms with Crippen molar-refractivity contribution in [2.75, 3.05) is 12.4 Å². The Labute approximate surface area is 220 Å². The second-order valence-corrected chi connectivity index (χ2v) is 8.76. The molecule has 5 rings (SSSR count). The van der Waals surface area contributed by atoms with E-state index in [1.165, 1.54) is 6.07 Å². The van der Waals surface area contributed by atoms with E-state index in [0.29, 0.717) is 17.6 Å². The van der Waals surface area contributed by atoms with Crippen LogP contribution in [-0.4, -0.2) is 26.9 Å². The van der Waals surface area contributed by atoms with Gasteiger partial charge in [-0.3, -0.25) is 4.68 Å². The minimum absolute atomic E-state index is 0.103. The van der Waals surface area contributed by atoms with Gasteiger partial charge in [0.25, 0.3) is 0 Å². The van der Waals surface area contributed by atoms with E-state index in [1.807, 2.05) is 54.6 Å². The lowest BCUT2D eigenvalue weighted by atomic mass is 10.2.